The molecule has 2 aromatic carbocycles. The Morgan fingerprint density at radius 1 is 1.09 bits per heavy atom. The number of pyridine rings is 1. The van der Waals surface area contributed by atoms with Crippen molar-refractivity contribution in [2.75, 3.05) is 23.5 Å². The van der Waals surface area contributed by atoms with Crippen molar-refractivity contribution >= 4 is 44.6 Å². The van der Waals surface area contributed by atoms with Gasteiger partial charge in [0.2, 0.25) is 5.91 Å². The van der Waals surface area contributed by atoms with E-state index < -0.39 is 15.7 Å². The molecule has 1 aromatic heterocycles. The Morgan fingerprint density at radius 3 is 2.47 bits per heavy atom. The number of halogens is 1. The molecule has 0 fully saturated rings. The Labute approximate surface area is 192 Å². The number of hydrogen-bond acceptors (Lipinski definition) is 5. The Bertz CT molecular complexity index is 1280. The number of carbonyl (C=O) groups is 2. The summed E-state index contributed by atoms with van der Waals surface area (Å²) in [5.41, 5.74) is 2.93. The zero-order valence-corrected chi connectivity index (χ0v) is 19.4. The standard InChI is InChI=1S/C23H22ClN3O4S/c1-15(28)27(2)22-12-16(7-8-17(22)14-32(3,30)31)23(29)26-18-9-10-20(24)19(13-18)21-6-4-5-11-25-21/h4-13H,14H2,1-3H3,(H,26,29). The summed E-state index contributed by atoms with van der Waals surface area (Å²) in [6, 6.07) is 15.1. The Morgan fingerprint density at radius 2 is 1.84 bits per heavy atom. The molecular formula is C23H22ClN3O4S. The molecule has 0 bridgehead atoms. The third-order valence-corrected chi connectivity index (χ3v) is 5.93. The molecule has 1 heterocycles. The van der Waals surface area contributed by atoms with Crippen molar-refractivity contribution in [3.05, 3.63) is 76.9 Å². The summed E-state index contributed by atoms with van der Waals surface area (Å²) in [5, 5.41) is 3.31. The van der Waals surface area contributed by atoms with Gasteiger partial charge in [-0.3, -0.25) is 14.6 Å². The molecule has 7 nitrogen and oxygen atoms in total. The summed E-state index contributed by atoms with van der Waals surface area (Å²) in [6.45, 7) is 1.36. The van der Waals surface area contributed by atoms with Crippen LogP contribution in [0.5, 0.6) is 0 Å². The first-order chi connectivity index (χ1) is 15.0. The van der Waals surface area contributed by atoms with Gasteiger partial charge in [-0.2, -0.15) is 0 Å². The zero-order chi connectivity index (χ0) is 23.5. The largest absolute Gasteiger partial charge is 0.322 e. The molecule has 0 aliphatic rings. The summed E-state index contributed by atoms with van der Waals surface area (Å²) >= 11 is 6.30. The molecule has 0 radical (unpaired) electrons. The van der Waals surface area contributed by atoms with Crippen LogP contribution in [-0.4, -0.2) is 38.5 Å². The lowest BCUT2D eigenvalue weighted by atomic mass is 10.1. The van der Waals surface area contributed by atoms with Gasteiger partial charge >= 0.3 is 0 Å². The van der Waals surface area contributed by atoms with Crippen molar-refractivity contribution in [3.8, 4) is 11.3 Å². The second-order valence-electron chi connectivity index (χ2n) is 7.36. The summed E-state index contributed by atoms with van der Waals surface area (Å²) in [7, 11) is -1.80. The lowest BCUT2D eigenvalue weighted by molar-refractivity contribution is -0.116. The van der Waals surface area contributed by atoms with Crippen molar-refractivity contribution in [3.63, 3.8) is 0 Å². The van der Waals surface area contributed by atoms with E-state index in [4.69, 9.17) is 11.6 Å². The van der Waals surface area contributed by atoms with Crippen LogP contribution in [0.1, 0.15) is 22.8 Å². The highest BCUT2D eigenvalue weighted by atomic mass is 35.5. The van der Waals surface area contributed by atoms with Crippen LogP contribution in [-0.2, 0) is 20.4 Å². The van der Waals surface area contributed by atoms with Gasteiger partial charge in [-0.1, -0.05) is 23.7 Å². The lowest BCUT2D eigenvalue weighted by Gasteiger charge is -2.20. The van der Waals surface area contributed by atoms with Crippen LogP contribution in [0.3, 0.4) is 0 Å². The summed E-state index contributed by atoms with van der Waals surface area (Å²) in [6.07, 6.45) is 2.77. The Kier molecular flexibility index (Phi) is 6.96. The quantitative estimate of drug-likeness (QED) is 0.581. The molecule has 0 unspecified atom stereocenters. The molecule has 1 N–H and O–H groups in total. The van der Waals surface area contributed by atoms with Gasteiger partial charge in [0.25, 0.3) is 5.91 Å². The van der Waals surface area contributed by atoms with Crippen LogP contribution in [0.25, 0.3) is 11.3 Å². The fourth-order valence-corrected chi connectivity index (χ4v) is 4.14. The monoisotopic (exact) mass is 471 g/mol. The molecule has 3 aromatic rings. The summed E-state index contributed by atoms with van der Waals surface area (Å²) < 4.78 is 23.6. The van der Waals surface area contributed by atoms with Crippen molar-refractivity contribution in [2.45, 2.75) is 12.7 Å². The van der Waals surface area contributed by atoms with Gasteiger partial charge in [0.1, 0.15) is 0 Å². The average Bonchev–Trinajstić information content (AvgIpc) is 2.74. The van der Waals surface area contributed by atoms with E-state index in [9.17, 15) is 18.0 Å². The topological polar surface area (TPSA) is 96.4 Å². The van der Waals surface area contributed by atoms with Gasteiger partial charge in [0.05, 0.1) is 16.5 Å². The molecule has 0 saturated carbocycles. The van der Waals surface area contributed by atoms with Gasteiger partial charge < -0.3 is 10.2 Å². The number of nitrogens with one attached hydrogen (secondary N) is 1. The Balaban J connectivity index is 1.93. The molecule has 0 atom stereocenters. The van der Waals surface area contributed by atoms with E-state index in [0.29, 0.717) is 33.2 Å². The van der Waals surface area contributed by atoms with Crippen LogP contribution in [0.15, 0.2) is 60.8 Å². The van der Waals surface area contributed by atoms with Crippen LogP contribution in [0.2, 0.25) is 5.02 Å². The fraction of sp³-hybridized carbons (Fsp3) is 0.174. The number of aromatic nitrogens is 1. The molecule has 166 valence electrons. The first-order valence-electron chi connectivity index (χ1n) is 9.62. The molecule has 0 aliphatic heterocycles. The number of carbonyl (C=O) groups excluding carboxylic acids is 2. The molecular weight excluding hydrogens is 450 g/mol. The van der Waals surface area contributed by atoms with Crippen LogP contribution in [0, 0.1) is 0 Å². The normalized spacial score (nSPS) is 11.1. The highest BCUT2D eigenvalue weighted by molar-refractivity contribution is 7.89. The van der Waals surface area contributed by atoms with Gasteiger partial charge in [-0.05, 0) is 48.0 Å². The van der Waals surface area contributed by atoms with Gasteiger partial charge in [0, 0.05) is 48.9 Å². The Hall–Kier alpha value is -3.23. The van der Waals surface area contributed by atoms with Gasteiger partial charge in [-0.15, -0.1) is 0 Å². The van der Waals surface area contributed by atoms with E-state index in [1.54, 1.807) is 36.5 Å². The maximum absolute atomic E-state index is 12.9. The molecule has 0 aliphatic carbocycles. The van der Waals surface area contributed by atoms with E-state index in [0.717, 1.165) is 6.26 Å². The number of nitrogens with zero attached hydrogens (tertiary/aromatic N) is 2. The number of amides is 2. The SMILES string of the molecule is CC(=O)N(C)c1cc(C(=O)Nc2ccc(Cl)c(-c3ccccn3)c2)ccc1CS(C)(=O)=O. The third-order valence-electron chi connectivity index (χ3n) is 4.76. The second-order valence-corrected chi connectivity index (χ2v) is 9.90. The molecule has 0 saturated heterocycles. The molecule has 0 spiro atoms. The minimum atomic E-state index is -3.33. The number of hydrogen-bond donors (Lipinski definition) is 1. The maximum atomic E-state index is 12.9. The minimum Gasteiger partial charge on any atom is -0.322 e. The number of sulfone groups is 1. The highest BCUT2D eigenvalue weighted by Crippen LogP contribution is 2.30. The first-order valence-corrected chi connectivity index (χ1v) is 12.1. The van der Waals surface area contributed by atoms with Crippen LogP contribution >= 0.6 is 11.6 Å². The number of anilines is 2. The average molecular weight is 472 g/mol. The first kappa shape index (κ1) is 23.4. The maximum Gasteiger partial charge on any atom is 0.255 e. The van der Waals surface area contributed by atoms with Crippen molar-refractivity contribution < 1.29 is 18.0 Å². The minimum absolute atomic E-state index is 0.244. The van der Waals surface area contributed by atoms with Crippen molar-refractivity contribution in [2.24, 2.45) is 0 Å². The van der Waals surface area contributed by atoms with E-state index >= 15 is 0 Å². The smallest absolute Gasteiger partial charge is 0.255 e. The predicted octanol–water partition coefficient (Wildman–Crippen LogP) is 4.18. The van der Waals surface area contributed by atoms with E-state index in [2.05, 4.69) is 10.3 Å². The van der Waals surface area contributed by atoms with Crippen LogP contribution in [0.4, 0.5) is 11.4 Å². The molecule has 2 amide bonds. The van der Waals surface area contributed by atoms with Crippen molar-refractivity contribution in [1.29, 1.82) is 0 Å². The van der Waals surface area contributed by atoms with Gasteiger partial charge in [0.15, 0.2) is 9.84 Å². The molecule has 32 heavy (non-hydrogen) atoms. The third kappa shape index (κ3) is 5.72. The predicted molar refractivity (Wildman–Crippen MR) is 127 cm³/mol. The van der Waals surface area contributed by atoms with E-state index in [-0.39, 0.29) is 17.2 Å². The summed E-state index contributed by atoms with van der Waals surface area (Å²) in [5.74, 6) is -0.939. The number of rotatable bonds is 6. The second kappa shape index (κ2) is 9.50. The van der Waals surface area contributed by atoms with E-state index in [1.807, 2.05) is 12.1 Å². The van der Waals surface area contributed by atoms with Gasteiger partial charge in [-0.25, -0.2) is 8.42 Å². The van der Waals surface area contributed by atoms with Crippen LogP contribution < -0.4 is 10.2 Å². The van der Waals surface area contributed by atoms with E-state index in [1.165, 1.54) is 31.0 Å². The molecule has 3 rings (SSSR count). The lowest BCUT2D eigenvalue weighted by Crippen LogP contribution is -2.25. The van der Waals surface area contributed by atoms with Crippen molar-refractivity contribution in [1.82, 2.24) is 4.98 Å². The highest BCUT2D eigenvalue weighted by Gasteiger charge is 2.18. The zero-order valence-electron chi connectivity index (χ0n) is 17.8. The summed E-state index contributed by atoms with van der Waals surface area (Å²) in [4.78, 5) is 30.4. The fourth-order valence-electron chi connectivity index (χ4n) is 3.12. The molecule has 9 heteroatoms. The number of benzene rings is 2.